The molecule has 24 heavy (non-hydrogen) atoms. The van der Waals surface area contributed by atoms with Crippen molar-refractivity contribution in [2.45, 2.75) is 57.3 Å². The van der Waals surface area contributed by atoms with E-state index in [0.717, 1.165) is 32.4 Å². The molecule has 2 aliphatic heterocycles. The van der Waals surface area contributed by atoms with Crippen molar-refractivity contribution in [1.29, 1.82) is 0 Å². The predicted molar refractivity (Wildman–Crippen MR) is 95.4 cm³/mol. The van der Waals surface area contributed by atoms with Crippen LogP contribution in [-0.2, 0) is 9.47 Å². The quantitative estimate of drug-likeness (QED) is 0.833. The Morgan fingerprint density at radius 3 is 2.96 bits per heavy atom. The number of likely N-dealkylation sites (tertiary alicyclic amines) is 1. The lowest BCUT2D eigenvalue weighted by atomic mass is 9.93. The van der Waals surface area contributed by atoms with Gasteiger partial charge in [0, 0.05) is 25.7 Å². The topological polar surface area (TPSA) is 41.9 Å². The monoisotopic (exact) mass is 333 g/mol. The number of hydrogen-bond donors (Lipinski definition) is 1. The van der Waals surface area contributed by atoms with E-state index in [1.54, 1.807) is 0 Å². The molecule has 2 fully saturated rings. The van der Waals surface area contributed by atoms with E-state index in [2.05, 4.69) is 43.0 Å². The lowest BCUT2D eigenvalue weighted by Gasteiger charge is -2.24. The van der Waals surface area contributed by atoms with Crippen LogP contribution in [0.3, 0.4) is 0 Å². The Labute approximate surface area is 145 Å². The highest BCUT2D eigenvalue weighted by Gasteiger charge is 2.31. The molecular formula is C20H31NO3. The molecule has 0 saturated carbocycles. The molecule has 0 spiro atoms. The Morgan fingerprint density at radius 1 is 1.38 bits per heavy atom. The SMILES string of the molecule is Cc1ccccc1C1CC(C)N(CC(O)COCC2CCCO2)C1. The van der Waals surface area contributed by atoms with Gasteiger partial charge in [0.05, 0.1) is 25.4 Å². The van der Waals surface area contributed by atoms with Crippen molar-refractivity contribution in [3.8, 4) is 0 Å². The number of ether oxygens (including phenoxy) is 2. The summed E-state index contributed by atoms with van der Waals surface area (Å²) in [6, 6.07) is 9.17. The normalized spacial score (nSPS) is 29.2. The lowest BCUT2D eigenvalue weighted by Crippen LogP contribution is -2.37. The van der Waals surface area contributed by atoms with Gasteiger partial charge in [-0.3, -0.25) is 4.90 Å². The fourth-order valence-electron chi connectivity index (χ4n) is 4.06. The first kappa shape index (κ1) is 17.9. The molecule has 4 nitrogen and oxygen atoms in total. The van der Waals surface area contributed by atoms with Gasteiger partial charge in [0.15, 0.2) is 0 Å². The zero-order valence-corrected chi connectivity index (χ0v) is 15.0. The van der Waals surface area contributed by atoms with Gasteiger partial charge < -0.3 is 14.6 Å². The van der Waals surface area contributed by atoms with Crippen molar-refractivity contribution < 1.29 is 14.6 Å². The van der Waals surface area contributed by atoms with Crippen molar-refractivity contribution >= 4 is 0 Å². The third-order valence-electron chi connectivity index (χ3n) is 5.42. The summed E-state index contributed by atoms with van der Waals surface area (Å²) in [4.78, 5) is 2.40. The summed E-state index contributed by atoms with van der Waals surface area (Å²) in [7, 11) is 0. The van der Waals surface area contributed by atoms with E-state index in [9.17, 15) is 5.11 Å². The van der Waals surface area contributed by atoms with E-state index < -0.39 is 6.10 Å². The molecule has 0 amide bonds. The molecule has 2 aliphatic rings. The minimum absolute atomic E-state index is 0.230. The molecule has 0 aromatic heterocycles. The van der Waals surface area contributed by atoms with Gasteiger partial charge in [-0.25, -0.2) is 0 Å². The first-order chi connectivity index (χ1) is 11.6. The number of hydrogen-bond acceptors (Lipinski definition) is 4. The summed E-state index contributed by atoms with van der Waals surface area (Å²) in [5, 5.41) is 10.3. The van der Waals surface area contributed by atoms with Crippen LogP contribution in [0.2, 0.25) is 0 Å². The maximum atomic E-state index is 10.3. The van der Waals surface area contributed by atoms with Crippen LogP contribution < -0.4 is 0 Å². The van der Waals surface area contributed by atoms with Gasteiger partial charge in [-0.15, -0.1) is 0 Å². The van der Waals surface area contributed by atoms with Gasteiger partial charge in [-0.2, -0.15) is 0 Å². The standard InChI is InChI=1S/C20H31NO3/c1-15-6-3-4-8-20(15)17-10-16(2)21(11-17)12-18(22)13-23-14-19-7-5-9-24-19/h3-4,6,8,16-19,22H,5,7,9-14H2,1-2H3. The molecule has 0 bridgehead atoms. The predicted octanol–water partition coefficient (Wildman–Crippen LogP) is 2.73. The summed E-state index contributed by atoms with van der Waals surface area (Å²) >= 11 is 0. The summed E-state index contributed by atoms with van der Waals surface area (Å²) in [5.74, 6) is 0.571. The molecule has 2 saturated heterocycles. The molecule has 3 rings (SSSR count). The van der Waals surface area contributed by atoms with Crippen LogP contribution in [0.15, 0.2) is 24.3 Å². The highest BCUT2D eigenvalue weighted by atomic mass is 16.5. The van der Waals surface area contributed by atoms with E-state index in [-0.39, 0.29) is 6.10 Å². The van der Waals surface area contributed by atoms with Gasteiger partial charge in [-0.1, -0.05) is 24.3 Å². The van der Waals surface area contributed by atoms with Crippen LogP contribution in [0.4, 0.5) is 0 Å². The molecule has 134 valence electrons. The number of rotatable bonds is 7. The molecule has 1 aromatic rings. The van der Waals surface area contributed by atoms with Crippen molar-refractivity contribution in [3.63, 3.8) is 0 Å². The molecule has 1 N–H and O–H groups in total. The van der Waals surface area contributed by atoms with Crippen molar-refractivity contribution in [3.05, 3.63) is 35.4 Å². The van der Waals surface area contributed by atoms with Crippen LogP contribution in [0.1, 0.15) is 43.2 Å². The van der Waals surface area contributed by atoms with Crippen LogP contribution in [0, 0.1) is 6.92 Å². The van der Waals surface area contributed by atoms with Crippen LogP contribution in [-0.4, -0.2) is 61.2 Å². The van der Waals surface area contributed by atoms with Gasteiger partial charge >= 0.3 is 0 Å². The highest BCUT2D eigenvalue weighted by molar-refractivity contribution is 5.30. The number of β-amino-alcohol motifs (C(OH)–C–C–N with tert-alkyl or cyclic N) is 1. The third kappa shape index (κ3) is 4.57. The minimum atomic E-state index is -0.426. The largest absolute Gasteiger partial charge is 0.389 e. The summed E-state index contributed by atoms with van der Waals surface area (Å²) in [6.45, 7) is 8.03. The number of aryl methyl sites for hydroxylation is 1. The molecule has 0 radical (unpaired) electrons. The third-order valence-corrected chi connectivity index (χ3v) is 5.42. The molecule has 1 aromatic carbocycles. The van der Waals surface area contributed by atoms with Crippen LogP contribution in [0.5, 0.6) is 0 Å². The first-order valence-corrected chi connectivity index (χ1v) is 9.30. The van der Waals surface area contributed by atoms with Crippen LogP contribution >= 0.6 is 0 Å². The first-order valence-electron chi connectivity index (χ1n) is 9.30. The van der Waals surface area contributed by atoms with Gasteiger partial charge in [0.1, 0.15) is 0 Å². The Hall–Kier alpha value is -0.940. The fourth-order valence-corrected chi connectivity index (χ4v) is 4.06. The van der Waals surface area contributed by atoms with E-state index in [1.165, 1.54) is 11.1 Å². The smallest absolute Gasteiger partial charge is 0.0900 e. The maximum absolute atomic E-state index is 10.3. The molecule has 0 aliphatic carbocycles. The van der Waals surface area contributed by atoms with Gasteiger partial charge in [0.25, 0.3) is 0 Å². The Morgan fingerprint density at radius 2 is 2.21 bits per heavy atom. The Balaban J connectivity index is 1.44. The van der Waals surface area contributed by atoms with Crippen molar-refractivity contribution in [2.24, 2.45) is 0 Å². The van der Waals surface area contributed by atoms with Crippen molar-refractivity contribution in [2.75, 3.05) is 32.9 Å². The van der Waals surface area contributed by atoms with Crippen molar-refractivity contribution in [1.82, 2.24) is 4.90 Å². The molecule has 4 atom stereocenters. The fraction of sp³-hybridized carbons (Fsp3) is 0.700. The number of aliphatic hydroxyl groups excluding tert-OH is 1. The average molecular weight is 333 g/mol. The highest BCUT2D eigenvalue weighted by Crippen LogP contribution is 2.33. The zero-order chi connectivity index (χ0) is 16.9. The molecular weight excluding hydrogens is 302 g/mol. The maximum Gasteiger partial charge on any atom is 0.0900 e. The van der Waals surface area contributed by atoms with E-state index >= 15 is 0 Å². The number of aliphatic hydroxyl groups is 1. The second-order valence-corrected chi connectivity index (χ2v) is 7.42. The van der Waals surface area contributed by atoms with E-state index in [0.29, 0.717) is 31.7 Å². The van der Waals surface area contributed by atoms with Crippen LogP contribution in [0.25, 0.3) is 0 Å². The minimum Gasteiger partial charge on any atom is -0.389 e. The summed E-state index contributed by atoms with van der Waals surface area (Å²) < 4.78 is 11.2. The second-order valence-electron chi connectivity index (χ2n) is 7.42. The second kappa shape index (κ2) is 8.43. The summed E-state index contributed by atoms with van der Waals surface area (Å²) in [6.07, 6.45) is 3.17. The van der Waals surface area contributed by atoms with Gasteiger partial charge in [-0.05, 0) is 50.2 Å². The molecule has 4 unspecified atom stereocenters. The Kier molecular flexibility index (Phi) is 6.28. The lowest BCUT2D eigenvalue weighted by molar-refractivity contribution is -0.0257. The van der Waals surface area contributed by atoms with Gasteiger partial charge in [0.2, 0.25) is 0 Å². The van der Waals surface area contributed by atoms with E-state index in [1.807, 2.05) is 0 Å². The number of benzene rings is 1. The average Bonchev–Trinajstić information content (AvgIpc) is 3.18. The van der Waals surface area contributed by atoms with E-state index in [4.69, 9.17) is 9.47 Å². The molecule has 4 heteroatoms. The zero-order valence-electron chi connectivity index (χ0n) is 15.0. The Bertz CT molecular complexity index is 515. The number of nitrogens with zero attached hydrogens (tertiary/aromatic N) is 1. The molecule has 2 heterocycles. The summed E-state index contributed by atoms with van der Waals surface area (Å²) in [5.41, 5.74) is 2.83.